The van der Waals surface area contributed by atoms with Gasteiger partial charge in [0.2, 0.25) is 0 Å². The van der Waals surface area contributed by atoms with Gasteiger partial charge in [-0.1, -0.05) is 12.1 Å². The predicted octanol–water partition coefficient (Wildman–Crippen LogP) is 5.43. The molecule has 0 bridgehead atoms. The van der Waals surface area contributed by atoms with Crippen molar-refractivity contribution in [3.8, 4) is 5.75 Å². The number of aromatic nitrogens is 2. The zero-order chi connectivity index (χ0) is 29.1. The zero-order valence-corrected chi connectivity index (χ0v) is 22.4. The predicted molar refractivity (Wildman–Crippen MR) is 142 cm³/mol. The standard InChI is InChI=1S/C27H30F4N6O3/c1-26(2,3)40-25(38)35-19-9-10-37(15-19)24(27(29,30)31)17-6-8-23(32-13-17)36-33-14-18-7-5-16-11-20(28)22(39-4)12-21(16)34-18/h5-8,11-14,19,24H,9-10,15H2,1-4H3,(H,32,36)(H,35,38)/b33-14+/t19-,24+/m0/s1. The lowest BCUT2D eigenvalue weighted by atomic mass is 10.1. The minimum Gasteiger partial charge on any atom is -0.494 e. The van der Waals surface area contributed by atoms with Gasteiger partial charge in [-0.05, 0) is 51.0 Å². The number of alkyl carbamates (subject to hydrolysis) is 1. The molecule has 0 spiro atoms. The molecule has 1 amide bonds. The maximum Gasteiger partial charge on any atom is 0.408 e. The van der Waals surface area contributed by atoms with Gasteiger partial charge in [0.25, 0.3) is 0 Å². The molecule has 4 rings (SSSR count). The smallest absolute Gasteiger partial charge is 0.408 e. The fourth-order valence-electron chi connectivity index (χ4n) is 4.39. The number of carbonyl (C=O) groups is 1. The molecule has 0 radical (unpaired) electrons. The number of nitrogens with zero attached hydrogens (tertiary/aromatic N) is 4. The molecule has 0 saturated carbocycles. The van der Waals surface area contributed by atoms with E-state index in [4.69, 9.17) is 9.47 Å². The first-order valence-electron chi connectivity index (χ1n) is 12.5. The van der Waals surface area contributed by atoms with Crippen molar-refractivity contribution in [1.29, 1.82) is 0 Å². The number of carbonyl (C=O) groups excluding carboxylic acids is 1. The Bertz CT molecular complexity index is 1380. The van der Waals surface area contributed by atoms with Crippen molar-refractivity contribution in [3.05, 3.63) is 59.7 Å². The van der Waals surface area contributed by atoms with Crippen LogP contribution in [0.25, 0.3) is 10.9 Å². The molecule has 1 aliphatic heterocycles. The minimum atomic E-state index is -4.55. The van der Waals surface area contributed by atoms with Crippen molar-refractivity contribution in [2.24, 2.45) is 5.10 Å². The Labute approximate surface area is 228 Å². The van der Waals surface area contributed by atoms with Crippen LogP contribution in [-0.4, -0.2) is 65.2 Å². The van der Waals surface area contributed by atoms with Crippen molar-refractivity contribution >= 4 is 29.0 Å². The fraction of sp³-hybridized carbons (Fsp3) is 0.407. The Kier molecular flexibility index (Phi) is 8.43. The van der Waals surface area contributed by atoms with Gasteiger partial charge in [-0.2, -0.15) is 18.3 Å². The summed E-state index contributed by atoms with van der Waals surface area (Å²) in [5.41, 5.74) is 2.91. The molecule has 0 unspecified atom stereocenters. The average Bonchev–Trinajstić information content (AvgIpc) is 3.30. The third-order valence-corrected chi connectivity index (χ3v) is 6.08. The molecule has 3 heterocycles. The van der Waals surface area contributed by atoms with E-state index in [1.54, 1.807) is 32.9 Å². The summed E-state index contributed by atoms with van der Waals surface area (Å²) in [6.45, 7) is 5.30. The molecule has 1 aromatic carbocycles. The van der Waals surface area contributed by atoms with Gasteiger partial charge in [-0.3, -0.25) is 10.3 Å². The number of likely N-dealkylation sites (tertiary alicyclic amines) is 1. The molecular weight excluding hydrogens is 532 g/mol. The van der Waals surface area contributed by atoms with E-state index in [9.17, 15) is 22.4 Å². The molecule has 3 aromatic rings. The number of rotatable bonds is 7. The number of benzene rings is 1. The SMILES string of the molecule is COc1cc2nc(/C=N/Nc3ccc([C@@H](N4CC[C@H](NC(=O)OC(C)(C)C)C4)C(F)(F)F)cn3)ccc2cc1F. The monoisotopic (exact) mass is 562 g/mol. The third kappa shape index (κ3) is 7.34. The van der Waals surface area contributed by atoms with Gasteiger partial charge >= 0.3 is 12.3 Å². The summed E-state index contributed by atoms with van der Waals surface area (Å²) in [6, 6.07) is 6.51. The van der Waals surface area contributed by atoms with E-state index >= 15 is 0 Å². The van der Waals surface area contributed by atoms with E-state index in [0.717, 1.165) is 6.20 Å². The largest absolute Gasteiger partial charge is 0.494 e. The Balaban J connectivity index is 1.40. The van der Waals surface area contributed by atoms with E-state index in [1.165, 1.54) is 42.5 Å². The van der Waals surface area contributed by atoms with Gasteiger partial charge in [0, 0.05) is 36.8 Å². The highest BCUT2D eigenvalue weighted by Crippen LogP contribution is 2.39. The van der Waals surface area contributed by atoms with Gasteiger partial charge in [0.05, 0.1) is 24.5 Å². The molecular formula is C27H30F4N6O3. The number of hydrogen-bond acceptors (Lipinski definition) is 8. The van der Waals surface area contributed by atoms with Crippen LogP contribution in [0, 0.1) is 5.82 Å². The fourth-order valence-corrected chi connectivity index (χ4v) is 4.39. The van der Waals surface area contributed by atoms with E-state index in [0.29, 0.717) is 23.0 Å². The van der Waals surface area contributed by atoms with Crippen LogP contribution >= 0.6 is 0 Å². The lowest BCUT2D eigenvalue weighted by Gasteiger charge is -2.30. The number of hydrazone groups is 1. The number of anilines is 1. The summed E-state index contributed by atoms with van der Waals surface area (Å²) in [7, 11) is 1.36. The first-order chi connectivity index (χ1) is 18.8. The number of nitrogens with one attached hydrogen (secondary N) is 2. The van der Waals surface area contributed by atoms with Crippen LogP contribution in [0.3, 0.4) is 0 Å². The Morgan fingerprint density at radius 3 is 2.62 bits per heavy atom. The van der Waals surface area contributed by atoms with Crippen molar-refractivity contribution < 1.29 is 31.8 Å². The van der Waals surface area contributed by atoms with Crippen LogP contribution in [0.1, 0.15) is 44.5 Å². The van der Waals surface area contributed by atoms with Crippen molar-refractivity contribution in [2.75, 3.05) is 25.6 Å². The van der Waals surface area contributed by atoms with Gasteiger partial charge in [0.15, 0.2) is 11.6 Å². The Hall–Kier alpha value is -4.00. The first kappa shape index (κ1) is 29.0. The van der Waals surface area contributed by atoms with Crippen molar-refractivity contribution in [1.82, 2.24) is 20.2 Å². The number of pyridine rings is 2. The van der Waals surface area contributed by atoms with Crippen molar-refractivity contribution in [2.45, 2.75) is 51.1 Å². The van der Waals surface area contributed by atoms with Gasteiger partial charge in [0.1, 0.15) is 17.5 Å². The Morgan fingerprint density at radius 2 is 1.98 bits per heavy atom. The Morgan fingerprint density at radius 1 is 1.20 bits per heavy atom. The molecule has 214 valence electrons. The molecule has 1 aliphatic rings. The molecule has 9 nitrogen and oxygen atoms in total. The number of halogens is 4. The van der Waals surface area contributed by atoms with E-state index in [2.05, 4.69) is 25.8 Å². The van der Waals surface area contributed by atoms with Crippen LogP contribution in [-0.2, 0) is 4.74 Å². The number of hydrogen-bond donors (Lipinski definition) is 2. The molecule has 2 aromatic heterocycles. The second-order valence-electron chi connectivity index (χ2n) is 10.3. The topological polar surface area (TPSA) is 101 Å². The quantitative estimate of drug-likeness (QED) is 0.225. The molecule has 0 aliphatic carbocycles. The summed E-state index contributed by atoms with van der Waals surface area (Å²) < 4.78 is 66.3. The number of amides is 1. The molecule has 1 saturated heterocycles. The summed E-state index contributed by atoms with van der Waals surface area (Å²) in [6.07, 6.45) is -2.29. The number of alkyl halides is 3. The number of methoxy groups -OCH3 is 1. The molecule has 2 N–H and O–H groups in total. The van der Waals surface area contributed by atoms with Crippen LogP contribution < -0.4 is 15.5 Å². The molecule has 40 heavy (non-hydrogen) atoms. The summed E-state index contributed by atoms with van der Waals surface area (Å²) in [5.74, 6) is -0.196. The molecule has 1 fully saturated rings. The van der Waals surface area contributed by atoms with E-state index in [-0.39, 0.29) is 30.2 Å². The highest BCUT2D eigenvalue weighted by Gasteiger charge is 2.47. The number of fused-ring (bicyclic) bond motifs is 1. The summed E-state index contributed by atoms with van der Waals surface area (Å²) in [5, 5.41) is 7.29. The normalized spacial score (nSPS) is 17.2. The van der Waals surface area contributed by atoms with Crippen LogP contribution in [0.5, 0.6) is 5.75 Å². The second-order valence-corrected chi connectivity index (χ2v) is 10.3. The highest BCUT2D eigenvalue weighted by molar-refractivity contribution is 5.86. The van der Waals surface area contributed by atoms with Crippen molar-refractivity contribution in [3.63, 3.8) is 0 Å². The van der Waals surface area contributed by atoms with E-state index in [1.807, 2.05) is 0 Å². The van der Waals surface area contributed by atoms with Crippen LogP contribution in [0.2, 0.25) is 0 Å². The third-order valence-electron chi connectivity index (χ3n) is 6.08. The second kappa shape index (κ2) is 11.6. The lowest BCUT2D eigenvalue weighted by Crippen LogP contribution is -2.42. The molecule has 2 atom stereocenters. The summed E-state index contributed by atoms with van der Waals surface area (Å²) in [4.78, 5) is 21.8. The summed E-state index contributed by atoms with van der Waals surface area (Å²) >= 11 is 0. The van der Waals surface area contributed by atoms with Crippen LogP contribution in [0.15, 0.2) is 47.7 Å². The van der Waals surface area contributed by atoms with E-state index < -0.39 is 35.8 Å². The maximum atomic E-state index is 14.1. The van der Waals surface area contributed by atoms with Gasteiger partial charge in [-0.25, -0.2) is 19.2 Å². The number of ether oxygens (including phenoxy) is 2. The lowest BCUT2D eigenvalue weighted by molar-refractivity contribution is -0.183. The minimum absolute atomic E-state index is 0.0188. The first-order valence-corrected chi connectivity index (χ1v) is 12.5. The van der Waals surface area contributed by atoms with Gasteiger partial charge in [-0.15, -0.1) is 0 Å². The molecule has 13 heteroatoms. The maximum absolute atomic E-state index is 14.1. The average molecular weight is 563 g/mol. The zero-order valence-electron chi connectivity index (χ0n) is 22.4. The van der Waals surface area contributed by atoms with Crippen LogP contribution in [0.4, 0.5) is 28.2 Å². The highest BCUT2D eigenvalue weighted by atomic mass is 19.4. The van der Waals surface area contributed by atoms with Gasteiger partial charge < -0.3 is 14.8 Å².